The molecule has 48 heteroatoms. The van der Waals surface area contributed by atoms with Gasteiger partial charge in [0.05, 0.1) is 39.6 Å². The normalized spacial score (nSPS) is 20.7. The number of esters is 10. The van der Waals surface area contributed by atoms with E-state index in [9.17, 15) is 95.9 Å². The molecule has 1 aromatic rings. The topological polar surface area (TPSA) is 625 Å². The van der Waals surface area contributed by atoms with Crippen LogP contribution in [0.4, 0.5) is 0 Å². The van der Waals surface area contributed by atoms with E-state index >= 15 is 0 Å². The number of rotatable bonds is 75. The summed E-state index contributed by atoms with van der Waals surface area (Å²) in [6, 6.07) is 5.90. The van der Waals surface area contributed by atoms with E-state index in [1.807, 2.05) is 30.3 Å². The van der Waals surface area contributed by atoms with E-state index < -0.39 is 201 Å². The van der Waals surface area contributed by atoms with Crippen LogP contribution in [0.2, 0.25) is 0 Å². The van der Waals surface area contributed by atoms with Gasteiger partial charge in [-0.05, 0) is 82.6 Å². The Bertz CT molecular complexity index is 3940. The van der Waals surface area contributed by atoms with E-state index in [0.717, 1.165) is 100.0 Å². The van der Waals surface area contributed by atoms with Crippen molar-refractivity contribution in [2.24, 2.45) is 0 Å². The molecule has 3 heterocycles. The number of carbonyl (C=O) groups excluding carboxylic acids is 20. The molecule has 4 rings (SSSR count). The van der Waals surface area contributed by atoms with Gasteiger partial charge in [-0.1, -0.05) is 68.9 Å². The van der Waals surface area contributed by atoms with Gasteiger partial charge >= 0.3 is 59.7 Å². The number of carbonyl (C=O) groups is 20. The van der Waals surface area contributed by atoms with Gasteiger partial charge in [0.1, 0.15) is 74.2 Å². The Morgan fingerprint density at radius 1 is 0.279 bits per heavy atom. The minimum atomic E-state index is -1.47. The number of hydrogen-bond acceptors (Lipinski definition) is 39. The predicted octanol–water partition coefficient (Wildman–Crippen LogP) is 3.34. The lowest BCUT2D eigenvalue weighted by Gasteiger charge is -2.44. The van der Waals surface area contributed by atoms with Crippen LogP contribution in [0.1, 0.15) is 262 Å². The molecule has 3 fully saturated rings. The third kappa shape index (κ3) is 57.6. The minimum Gasteiger partial charge on any atom is -0.463 e. The Morgan fingerprint density at radius 2 is 0.565 bits per heavy atom. The van der Waals surface area contributed by atoms with Gasteiger partial charge in [0.2, 0.25) is 53.2 Å². The van der Waals surface area contributed by atoms with Gasteiger partial charge < -0.3 is 138 Å². The van der Waals surface area contributed by atoms with Crippen LogP contribution >= 0.6 is 0 Å². The summed E-state index contributed by atoms with van der Waals surface area (Å²) in [5.74, 6) is -10.8. The van der Waals surface area contributed by atoms with Crippen molar-refractivity contribution in [2.75, 3.05) is 112 Å². The van der Waals surface area contributed by atoms with Crippen molar-refractivity contribution < 1.29 is 186 Å². The van der Waals surface area contributed by atoms with E-state index in [1.165, 1.54) is 20.8 Å². The number of nitrogens with one attached hydrogen (secondary N) is 9. The van der Waals surface area contributed by atoms with Crippen LogP contribution in [0.25, 0.3) is 0 Å². The summed E-state index contributed by atoms with van der Waals surface area (Å²) in [5.41, 5.74) is -0.561. The molecule has 0 spiro atoms. The summed E-state index contributed by atoms with van der Waals surface area (Å²) in [7, 11) is 0. The van der Waals surface area contributed by atoms with Crippen LogP contribution in [-0.4, -0.2) is 328 Å². The zero-order valence-corrected chi connectivity index (χ0v) is 86.8. The summed E-state index contributed by atoms with van der Waals surface area (Å²) in [6.07, 6.45) is -5.09. The highest BCUT2D eigenvalue weighted by Gasteiger charge is 2.55. The smallest absolute Gasteiger partial charge is 0.306 e. The molecule has 9 N–H and O–H groups in total. The molecular formula is C99H155N9O39. The fraction of sp³-hybridized carbons (Fsp3) is 0.737. The first-order valence-electron chi connectivity index (χ1n) is 50.3. The van der Waals surface area contributed by atoms with Crippen molar-refractivity contribution in [3.63, 3.8) is 0 Å². The molecule has 0 saturated carbocycles. The molecule has 48 nitrogen and oxygen atoms in total. The SMILES string of the molecule is CC(=O)NC1C(OCCCCC(=O)NCCCCC(=O)CCOCC(COCCC(=O)NCCCNC(=O)CCCCOC2OC(COC(C)=O)C(OC(C)=O)C(OC(C)=O)C2NC(C)=O)(COCCC(=O)NCCCNC(=O)CCCCOC2OC(COC(C)=O)C(OC(C)=O)C(OC(C)=O)C2NC(C)=O)NC(=O)CCCCCCCCCCC(=O)OCc2ccccc2)OC(COC(C)=O)C(OC(C)=O)C1OC(C)=O. The quantitative estimate of drug-likeness (QED) is 0.0256. The molecule has 830 valence electrons. The standard InChI is InChI=1S/C99H155N9O39/c1-63(109)105-87-93(142-72(10)118)90(139-69(7)115)77(57-135-66(4)112)145-96(87)132-50-29-25-37-80(122)100-45-28-24-36-76(121)42-53-129-60-99(108-85(127)40-22-17-15-13-14-16-18-23-41-86(128)138-56-75-34-20-19-21-35-75,61-130-54-43-83(125)103-48-32-46-101-81(123)38-26-30-51-133-97-88(106-64(2)110)94(143-73(11)119)91(140-70(8)116)78(146-97)58-136-67(5)113)62-131-55-44-84(126)104-49-33-47-102-82(124)39-27-31-52-134-98-89(107-65(3)111)95(144-74(12)120)92(141-71(9)117)79(147-98)59-137-68(6)114/h19-21,34-35,77-79,87-98H,13-18,22-33,36-62H2,1-12H3,(H,100,122)(H,101,123)(H,102,124)(H,103,125)(H,104,126)(H,105,109)(H,106,110)(H,107,111)(H,108,127). The average molecular weight is 2100 g/mol. The van der Waals surface area contributed by atoms with Crippen molar-refractivity contribution in [1.82, 2.24) is 47.9 Å². The Hall–Kier alpha value is -11.5. The first-order chi connectivity index (χ1) is 70.1. The fourth-order valence-corrected chi connectivity index (χ4v) is 15.7. The van der Waals surface area contributed by atoms with Crippen LogP contribution in [0, 0.1) is 0 Å². The highest BCUT2D eigenvalue weighted by atomic mass is 16.7. The minimum absolute atomic E-state index is 0.00675. The molecule has 0 radical (unpaired) electrons. The summed E-state index contributed by atoms with van der Waals surface area (Å²) < 4.78 is 108. The van der Waals surface area contributed by atoms with Crippen LogP contribution in [-0.2, 0) is 192 Å². The van der Waals surface area contributed by atoms with Crippen molar-refractivity contribution in [2.45, 2.75) is 361 Å². The van der Waals surface area contributed by atoms with E-state index in [2.05, 4.69) is 47.9 Å². The lowest BCUT2D eigenvalue weighted by Crippen LogP contribution is -2.66. The molecule has 9 amide bonds. The van der Waals surface area contributed by atoms with E-state index in [4.69, 9.17) is 90.0 Å². The third-order valence-corrected chi connectivity index (χ3v) is 22.4. The number of amides is 9. The van der Waals surface area contributed by atoms with E-state index in [0.29, 0.717) is 89.9 Å². The van der Waals surface area contributed by atoms with Gasteiger partial charge in [-0.2, -0.15) is 0 Å². The highest BCUT2D eigenvalue weighted by molar-refractivity contribution is 5.81. The monoisotopic (exact) mass is 2090 g/mol. The first kappa shape index (κ1) is 128. The Morgan fingerprint density at radius 3 is 0.891 bits per heavy atom. The van der Waals surface area contributed by atoms with Crippen LogP contribution in [0.3, 0.4) is 0 Å². The maximum absolute atomic E-state index is 14.2. The van der Waals surface area contributed by atoms with E-state index in [1.54, 1.807) is 0 Å². The molecule has 1 aromatic carbocycles. The predicted molar refractivity (Wildman–Crippen MR) is 514 cm³/mol. The maximum Gasteiger partial charge on any atom is 0.306 e. The van der Waals surface area contributed by atoms with Crippen molar-refractivity contribution in [1.29, 1.82) is 0 Å². The maximum atomic E-state index is 14.2. The average Bonchev–Trinajstić information content (AvgIpc) is 0.792. The van der Waals surface area contributed by atoms with Gasteiger partial charge in [0, 0.05) is 193 Å². The fourth-order valence-electron chi connectivity index (χ4n) is 15.7. The molecule has 3 saturated heterocycles. The van der Waals surface area contributed by atoms with Crippen molar-refractivity contribution >= 4 is 119 Å². The van der Waals surface area contributed by atoms with Gasteiger partial charge in [-0.3, -0.25) is 95.9 Å². The zero-order chi connectivity index (χ0) is 108. The number of ether oxygens (including phenoxy) is 19. The molecular weight excluding hydrogens is 1940 g/mol. The summed E-state index contributed by atoms with van der Waals surface area (Å²) >= 11 is 0. The highest BCUT2D eigenvalue weighted by Crippen LogP contribution is 2.33. The summed E-state index contributed by atoms with van der Waals surface area (Å²) in [5, 5.41) is 25.0. The zero-order valence-electron chi connectivity index (χ0n) is 86.8. The second-order valence-electron chi connectivity index (χ2n) is 35.8. The van der Waals surface area contributed by atoms with Crippen molar-refractivity contribution in [3.05, 3.63) is 35.9 Å². The van der Waals surface area contributed by atoms with Crippen LogP contribution in [0.5, 0.6) is 0 Å². The molecule has 3 aliphatic heterocycles. The second kappa shape index (κ2) is 73.5. The summed E-state index contributed by atoms with van der Waals surface area (Å²) in [4.78, 5) is 251. The van der Waals surface area contributed by atoms with Crippen molar-refractivity contribution in [3.8, 4) is 0 Å². The molecule has 0 bridgehead atoms. The van der Waals surface area contributed by atoms with Crippen LogP contribution in [0.15, 0.2) is 30.3 Å². The largest absolute Gasteiger partial charge is 0.463 e. The number of hydrogen-bond donors (Lipinski definition) is 9. The third-order valence-electron chi connectivity index (χ3n) is 22.4. The molecule has 15 unspecified atom stereocenters. The van der Waals surface area contributed by atoms with Crippen LogP contribution < -0.4 is 47.9 Å². The number of benzene rings is 1. The van der Waals surface area contributed by atoms with Gasteiger partial charge in [-0.25, -0.2) is 0 Å². The molecule has 0 aromatic heterocycles. The molecule has 0 aliphatic carbocycles. The molecule has 3 aliphatic rings. The Labute approximate surface area is 857 Å². The van der Waals surface area contributed by atoms with Gasteiger partial charge in [0.25, 0.3) is 0 Å². The molecule has 147 heavy (non-hydrogen) atoms. The molecule has 15 atom stereocenters. The Balaban J connectivity index is 1.39. The number of Topliss-reactive ketones (excluding diaryl/α,β-unsaturated/α-hetero) is 1. The number of ketones is 1. The lowest BCUT2D eigenvalue weighted by molar-refractivity contribution is -0.277. The van der Waals surface area contributed by atoms with Gasteiger partial charge in [-0.15, -0.1) is 0 Å². The first-order valence-corrected chi connectivity index (χ1v) is 50.3. The number of unbranched alkanes of at least 4 members (excludes halogenated alkanes) is 11. The lowest BCUT2D eigenvalue weighted by atomic mass is 9.96. The summed E-state index contributed by atoms with van der Waals surface area (Å²) in [6.45, 7) is 12.4. The van der Waals surface area contributed by atoms with E-state index in [-0.39, 0.29) is 186 Å². The Kier molecular flexibility index (Phi) is 63.9. The van der Waals surface area contributed by atoms with Gasteiger partial charge in [0.15, 0.2) is 55.5 Å². The second-order valence-corrected chi connectivity index (χ2v) is 35.8.